The lowest BCUT2D eigenvalue weighted by Gasteiger charge is -2.20. The number of ether oxygens (including phenoxy) is 1. The molecule has 0 aliphatic carbocycles. The Labute approximate surface area is 126 Å². The summed E-state index contributed by atoms with van der Waals surface area (Å²) in [6.45, 7) is 9.03. The largest absolute Gasteiger partial charge is 0.493 e. The lowest BCUT2D eigenvalue weighted by atomic mass is 9.90. The fraction of sp³-hybridized carbons (Fsp3) is 0.588. The van der Waals surface area contributed by atoms with Crippen molar-refractivity contribution in [1.29, 1.82) is 0 Å². The van der Waals surface area contributed by atoms with E-state index < -0.39 is 11.4 Å². The number of hydrogen-bond donors (Lipinski definition) is 1. The molecule has 2 rings (SSSR count). The quantitative estimate of drug-likeness (QED) is 0.819. The van der Waals surface area contributed by atoms with Gasteiger partial charge in [-0.05, 0) is 51.3 Å². The van der Waals surface area contributed by atoms with Crippen LogP contribution in [0.4, 0.5) is 0 Å². The van der Waals surface area contributed by atoms with E-state index in [0.29, 0.717) is 13.2 Å². The van der Waals surface area contributed by atoms with Crippen molar-refractivity contribution >= 4 is 5.97 Å². The third-order valence-electron chi connectivity index (χ3n) is 4.34. The molecule has 1 N–H and O–H groups in total. The zero-order valence-corrected chi connectivity index (χ0v) is 13.2. The van der Waals surface area contributed by atoms with E-state index >= 15 is 0 Å². The number of benzene rings is 1. The molecule has 0 saturated carbocycles. The summed E-state index contributed by atoms with van der Waals surface area (Å²) in [5.41, 5.74) is 1.75. The van der Waals surface area contributed by atoms with Crippen molar-refractivity contribution in [2.24, 2.45) is 5.41 Å². The van der Waals surface area contributed by atoms with E-state index in [9.17, 15) is 9.90 Å². The maximum absolute atomic E-state index is 11.2. The van der Waals surface area contributed by atoms with Gasteiger partial charge < -0.3 is 14.7 Å². The van der Waals surface area contributed by atoms with Gasteiger partial charge in [-0.3, -0.25) is 4.79 Å². The van der Waals surface area contributed by atoms with E-state index in [-0.39, 0.29) is 0 Å². The van der Waals surface area contributed by atoms with E-state index in [4.69, 9.17) is 4.74 Å². The number of likely N-dealkylation sites (tertiary alicyclic amines) is 1. The smallest absolute Gasteiger partial charge is 0.310 e. The van der Waals surface area contributed by atoms with Crippen LogP contribution in [-0.4, -0.2) is 42.2 Å². The lowest BCUT2D eigenvalue weighted by Crippen LogP contribution is -2.32. The molecule has 1 aliphatic rings. The predicted octanol–water partition coefficient (Wildman–Crippen LogP) is 2.87. The second kappa shape index (κ2) is 6.48. The molecule has 0 radical (unpaired) electrons. The molecule has 1 atom stereocenters. The summed E-state index contributed by atoms with van der Waals surface area (Å²) in [5, 5.41) is 9.22. The van der Waals surface area contributed by atoms with Crippen LogP contribution >= 0.6 is 0 Å². The molecule has 0 spiro atoms. The molecular formula is C17H25NO3. The van der Waals surface area contributed by atoms with Gasteiger partial charge in [-0.1, -0.05) is 18.2 Å². The normalized spacial score (nSPS) is 22.4. The summed E-state index contributed by atoms with van der Waals surface area (Å²) < 4.78 is 5.88. The van der Waals surface area contributed by atoms with Crippen molar-refractivity contribution in [3.8, 4) is 5.75 Å². The number of para-hydroxylation sites is 1. The molecule has 1 unspecified atom stereocenters. The topological polar surface area (TPSA) is 49.8 Å². The maximum Gasteiger partial charge on any atom is 0.310 e. The minimum atomic E-state index is -0.684. The molecule has 1 aromatic rings. The molecular weight excluding hydrogens is 266 g/mol. The van der Waals surface area contributed by atoms with Crippen LogP contribution < -0.4 is 4.74 Å². The van der Waals surface area contributed by atoms with E-state index in [0.717, 1.165) is 42.8 Å². The standard InChI is InChI=1S/C17H25NO3/c1-13-6-4-7-14(2)15(13)21-11-5-9-18-10-8-17(3,12-18)16(19)20/h4,6-7H,5,8-12H2,1-3H3,(H,19,20). The van der Waals surface area contributed by atoms with Crippen molar-refractivity contribution in [3.63, 3.8) is 0 Å². The van der Waals surface area contributed by atoms with E-state index in [2.05, 4.69) is 30.9 Å². The van der Waals surface area contributed by atoms with Gasteiger partial charge in [-0.15, -0.1) is 0 Å². The summed E-state index contributed by atoms with van der Waals surface area (Å²) in [6.07, 6.45) is 1.66. The van der Waals surface area contributed by atoms with E-state index in [1.807, 2.05) is 13.0 Å². The Morgan fingerprint density at radius 1 is 1.38 bits per heavy atom. The lowest BCUT2D eigenvalue weighted by molar-refractivity contribution is -0.147. The fourth-order valence-corrected chi connectivity index (χ4v) is 2.91. The molecule has 1 heterocycles. The minimum absolute atomic E-state index is 0.576. The number of rotatable bonds is 6. The van der Waals surface area contributed by atoms with Crippen LogP contribution in [0.3, 0.4) is 0 Å². The van der Waals surface area contributed by atoms with Crippen molar-refractivity contribution in [3.05, 3.63) is 29.3 Å². The van der Waals surface area contributed by atoms with Crippen molar-refractivity contribution in [2.75, 3.05) is 26.2 Å². The Bertz CT molecular complexity index is 495. The zero-order chi connectivity index (χ0) is 15.5. The first-order valence-electron chi connectivity index (χ1n) is 7.57. The van der Waals surface area contributed by atoms with Crippen molar-refractivity contribution < 1.29 is 14.6 Å². The average molecular weight is 291 g/mol. The summed E-state index contributed by atoms with van der Waals surface area (Å²) >= 11 is 0. The highest BCUT2D eigenvalue weighted by Gasteiger charge is 2.39. The Morgan fingerprint density at radius 2 is 2.05 bits per heavy atom. The summed E-state index contributed by atoms with van der Waals surface area (Å²) in [4.78, 5) is 13.4. The first-order chi connectivity index (χ1) is 9.92. The van der Waals surface area contributed by atoms with Gasteiger partial charge in [0.1, 0.15) is 5.75 Å². The highest BCUT2D eigenvalue weighted by molar-refractivity contribution is 5.74. The van der Waals surface area contributed by atoms with Crippen LogP contribution in [0.1, 0.15) is 30.9 Å². The third-order valence-corrected chi connectivity index (χ3v) is 4.34. The summed E-state index contributed by atoms with van der Waals surface area (Å²) in [6, 6.07) is 6.15. The highest BCUT2D eigenvalue weighted by atomic mass is 16.5. The van der Waals surface area contributed by atoms with Crippen LogP contribution in [0, 0.1) is 19.3 Å². The van der Waals surface area contributed by atoms with Gasteiger partial charge in [0.15, 0.2) is 0 Å². The van der Waals surface area contributed by atoms with Crippen LogP contribution in [-0.2, 0) is 4.79 Å². The number of hydrogen-bond acceptors (Lipinski definition) is 3. The van der Waals surface area contributed by atoms with Gasteiger partial charge in [0.25, 0.3) is 0 Å². The first-order valence-corrected chi connectivity index (χ1v) is 7.57. The highest BCUT2D eigenvalue weighted by Crippen LogP contribution is 2.30. The average Bonchev–Trinajstić information content (AvgIpc) is 2.81. The SMILES string of the molecule is Cc1cccc(C)c1OCCCN1CCC(C)(C(=O)O)C1. The molecule has 1 aliphatic heterocycles. The van der Waals surface area contributed by atoms with Gasteiger partial charge in [-0.25, -0.2) is 0 Å². The molecule has 4 heteroatoms. The van der Waals surface area contributed by atoms with Crippen LogP contribution in [0.25, 0.3) is 0 Å². The Morgan fingerprint density at radius 3 is 2.62 bits per heavy atom. The second-order valence-electron chi connectivity index (χ2n) is 6.31. The van der Waals surface area contributed by atoms with Gasteiger partial charge in [0.2, 0.25) is 0 Å². The molecule has 1 aromatic carbocycles. The number of carboxylic acid groups (broad SMARTS) is 1. The van der Waals surface area contributed by atoms with Crippen molar-refractivity contribution in [2.45, 2.75) is 33.6 Å². The number of carbonyl (C=O) groups is 1. The molecule has 1 fully saturated rings. The van der Waals surface area contributed by atoms with Gasteiger partial charge >= 0.3 is 5.97 Å². The fourth-order valence-electron chi connectivity index (χ4n) is 2.91. The number of nitrogens with zero attached hydrogens (tertiary/aromatic N) is 1. The molecule has 1 saturated heterocycles. The monoisotopic (exact) mass is 291 g/mol. The van der Waals surface area contributed by atoms with E-state index in [1.165, 1.54) is 0 Å². The molecule has 0 aromatic heterocycles. The predicted molar refractivity (Wildman–Crippen MR) is 82.8 cm³/mol. The zero-order valence-electron chi connectivity index (χ0n) is 13.2. The summed E-state index contributed by atoms with van der Waals surface area (Å²) in [5.74, 6) is 0.297. The first kappa shape index (κ1) is 15.8. The van der Waals surface area contributed by atoms with Gasteiger partial charge in [0, 0.05) is 13.1 Å². The van der Waals surface area contributed by atoms with Crippen LogP contribution in [0.2, 0.25) is 0 Å². The van der Waals surface area contributed by atoms with Gasteiger partial charge in [-0.2, -0.15) is 0 Å². The van der Waals surface area contributed by atoms with Crippen LogP contribution in [0.15, 0.2) is 18.2 Å². The molecule has 0 amide bonds. The van der Waals surface area contributed by atoms with Crippen LogP contribution in [0.5, 0.6) is 5.75 Å². The van der Waals surface area contributed by atoms with Crippen molar-refractivity contribution in [1.82, 2.24) is 4.90 Å². The summed E-state index contributed by atoms with van der Waals surface area (Å²) in [7, 11) is 0. The Kier molecular flexibility index (Phi) is 4.88. The Balaban J connectivity index is 1.75. The maximum atomic E-state index is 11.2. The number of aryl methyl sites for hydroxylation is 2. The third kappa shape index (κ3) is 3.76. The van der Waals surface area contributed by atoms with E-state index in [1.54, 1.807) is 0 Å². The number of aliphatic carboxylic acids is 1. The molecule has 0 bridgehead atoms. The second-order valence-corrected chi connectivity index (χ2v) is 6.31. The molecule has 21 heavy (non-hydrogen) atoms. The van der Waals surface area contributed by atoms with Gasteiger partial charge in [0.05, 0.1) is 12.0 Å². The number of carboxylic acids is 1. The minimum Gasteiger partial charge on any atom is -0.493 e. The Hall–Kier alpha value is -1.55. The molecule has 4 nitrogen and oxygen atoms in total. The molecule has 116 valence electrons.